The van der Waals surface area contributed by atoms with Crippen LogP contribution in [0.4, 0.5) is 10.1 Å². The lowest BCUT2D eigenvalue weighted by atomic mass is 10.1. The van der Waals surface area contributed by atoms with Crippen LogP contribution < -0.4 is 10.6 Å². The van der Waals surface area contributed by atoms with Crippen LogP contribution in [-0.4, -0.2) is 19.0 Å². The van der Waals surface area contributed by atoms with Crippen molar-refractivity contribution in [2.24, 2.45) is 0 Å². The minimum atomic E-state index is -0.405. The molecule has 0 aliphatic rings. The summed E-state index contributed by atoms with van der Waals surface area (Å²) >= 11 is 1.63. The molecule has 0 spiro atoms. The number of carbonyl (C=O) groups is 1. The van der Waals surface area contributed by atoms with Gasteiger partial charge < -0.3 is 10.6 Å². The van der Waals surface area contributed by atoms with Gasteiger partial charge in [0.25, 0.3) is 5.91 Å². The van der Waals surface area contributed by atoms with Crippen LogP contribution in [0.5, 0.6) is 0 Å². The first-order valence-electron chi connectivity index (χ1n) is 6.54. The molecule has 0 aliphatic heterocycles. The SMILES string of the molecule is CCNc1c(F)cccc1C(=O)NCCc1ccsc1. The number of para-hydroxylation sites is 1. The number of rotatable bonds is 6. The number of halogens is 1. The zero-order chi connectivity index (χ0) is 14.4. The predicted molar refractivity (Wildman–Crippen MR) is 80.9 cm³/mol. The van der Waals surface area contributed by atoms with Crippen LogP contribution >= 0.6 is 11.3 Å². The Morgan fingerprint density at radius 2 is 2.20 bits per heavy atom. The highest BCUT2D eigenvalue weighted by Gasteiger charge is 2.14. The van der Waals surface area contributed by atoms with Crippen LogP contribution in [0.15, 0.2) is 35.0 Å². The Morgan fingerprint density at radius 3 is 2.90 bits per heavy atom. The summed E-state index contributed by atoms with van der Waals surface area (Å²) in [7, 11) is 0. The lowest BCUT2D eigenvalue weighted by Gasteiger charge is -2.11. The van der Waals surface area contributed by atoms with Gasteiger partial charge in [0.2, 0.25) is 0 Å². The number of carbonyl (C=O) groups excluding carboxylic acids is 1. The molecule has 3 nitrogen and oxygen atoms in total. The smallest absolute Gasteiger partial charge is 0.253 e. The number of anilines is 1. The molecule has 0 saturated carbocycles. The fraction of sp³-hybridized carbons (Fsp3) is 0.267. The zero-order valence-corrected chi connectivity index (χ0v) is 12.1. The molecule has 0 radical (unpaired) electrons. The summed E-state index contributed by atoms with van der Waals surface area (Å²) in [6.45, 7) is 2.97. The van der Waals surface area contributed by atoms with Gasteiger partial charge in [-0.05, 0) is 47.9 Å². The number of nitrogens with one attached hydrogen (secondary N) is 2. The maximum Gasteiger partial charge on any atom is 0.253 e. The van der Waals surface area contributed by atoms with E-state index in [4.69, 9.17) is 0 Å². The molecule has 1 amide bonds. The van der Waals surface area contributed by atoms with Gasteiger partial charge in [-0.2, -0.15) is 11.3 Å². The van der Waals surface area contributed by atoms with Gasteiger partial charge >= 0.3 is 0 Å². The van der Waals surface area contributed by atoms with Gasteiger partial charge in [-0.15, -0.1) is 0 Å². The van der Waals surface area contributed by atoms with Crippen LogP contribution in [0.25, 0.3) is 0 Å². The molecule has 5 heteroatoms. The topological polar surface area (TPSA) is 41.1 Å². The molecule has 0 saturated heterocycles. The first kappa shape index (κ1) is 14.5. The van der Waals surface area contributed by atoms with Crippen molar-refractivity contribution in [3.8, 4) is 0 Å². The average molecular weight is 292 g/mol. The number of hydrogen-bond donors (Lipinski definition) is 2. The molecule has 0 aliphatic carbocycles. The third-order valence-corrected chi connectivity index (χ3v) is 3.62. The van der Waals surface area contributed by atoms with Crippen molar-refractivity contribution in [1.82, 2.24) is 5.32 Å². The van der Waals surface area contributed by atoms with Gasteiger partial charge in [0.1, 0.15) is 5.82 Å². The van der Waals surface area contributed by atoms with Crippen molar-refractivity contribution in [2.75, 3.05) is 18.4 Å². The van der Waals surface area contributed by atoms with Gasteiger partial charge in [-0.1, -0.05) is 6.07 Å². The highest BCUT2D eigenvalue weighted by Crippen LogP contribution is 2.19. The summed E-state index contributed by atoms with van der Waals surface area (Å²) in [5.74, 6) is -0.659. The van der Waals surface area contributed by atoms with Crippen LogP contribution in [0.3, 0.4) is 0 Å². The lowest BCUT2D eigenvalue weighted by molar-refractivity contribution is 0.0954. The zero-order valence-electron chi connectivity index (χ0n) is 11.3. The fourth-order valence-electron chi connectivity index (χ4n) is 1.92. The normalized spacial score (nSPS) is 10.3. The molecular weight excluding hydrogens is 275 g/mol. The quantitative estimate of drug-likeness (QED) is 0.858. The Bertz CT molecular complexity index is 569. The van der Waals surface area contributed by atoms with E-state index < -0.39 is 5.82 Å². The first-order chi connectivity index (χ1) is 9.72. The summed E-state index contributed by atoms with van der Waals surface area (Å²) in [5, 5.41) is 9.78. The summed E-state index contributed by atoms with van der Waals surface area (Å²) in [6, 6.07) is 6.55. The third-order valence-electron chi connectivity index (χ3n) is 2.89. The van der Waals surface area contributed by atoms with Crippen LogP contribution in [-0.2, 0) is 6.42 Å². The molecule has 2 N–H and O–H groups in total. The number of benzene rings is 1. The van der Waals surface area contributed by atoms with Gasteiger partial charge in [0.05, 0.1) is 11.3 Å². The Hall–Kier alpha value is -1.88. The van der Waals surface area contributed by atoms with Crippen molar-refractivity contribution in [3.05, 3.63) is 52.0 Å². The van der Waals surface area contributed by atoms with E-state index in [-0.39, 0.29) is 11.6 Å². The molecule has 0 bridgehead atoms. The molecule has 0 unspecified atom stereocenters. The molecule has 0 fully saturated rings. The summed E-state index contributed by atoms with van der Waals surface area (Å²) in [4.78, 5) is 12.1. The Kier molecular flexibility index (Phi) is 5.12. The largest absolute Gasteiger partial charge is 0.382 e. The van der Waals surface area contributed by atoms with Gasteiger partial charge in [0, 0.05) is 13.1 Å². The minimum Gasteiger partial charge on any atom is -0.382 e. The Labute approximate surface area is 121 Å². The van der Waals surface area contributed by atoms with E-state index >= 15 is 0 Å². The van der Waals surface area contributed by atoms with Crippen LogP contribution in [0, 0.1) is 5.82 Å². The van der Waals surface area contributed by atoms with Crippen molar-refractivity contribution < 1.29 is 9.18 Å². The van der Waals surface area contributed by atoms with E-state index in [1.807, 2.05) is 18.4 Å². The predicted octanol–water partition coefficient (Wildman–Crippen LogP) is 3.29. The van der Waals surface area contributed by atoms with E-state index in [1.165, 1.54) is 11.6 Å². The van der Waals surface area contributed by atoms with Gasteiger partial charge in [0.15, 0.2) is 0 Å². The van der Waals surface area contributed by atoms with E-state index in [0.717, 1.165) is 6.42 Å². The number of amides is 1. The fourth-order valence-corrected chi connectivity index (χ4v) is 2.62. The van der Waals surface area contributed by atoms with E-state index in [1.54, 1.807) is 23.5 Å². The Morgan fingerprint density at radius 1 is 1.35 bits per heavy atom. The van der Waals surface area contributed by atoms with Gasteiger partial charge in [-0.25, -0.2) is 4.39 Å². The molecule has 2 aromatic rings. The summed E-state index contributed by atoms with van der Waals surface area (Å²) < 4.78 is 13.7. The molecular formula is C15H17FN2OS. The standard InChI is InChI=1S/C15H17FN2OS/c1-2-17-14-12(4-3-5-13(14)16)15(19)18-8-6-11-7-9-20-10-11/h3-5,7,9-10,17H,2,6,8H2,1H3,(H,18,19). The second-order valence-corrected chi connectivity index (χ2v) is 5.11. The summed E-state index contributed by atoms with van der Waals surface area (Å²) in [6.07, 6.45) is 0.779. The molecule has 1 aromatic heterocycles. The maximum absolute atomic E-state index is 13.7. The Balaban J connectivity index is 1.99. The molecule has 20 heavy (non-hydrogen) atoms. The van der Waals surface area contributed by atoms with E-state index in [2.05, 4.69) is 16.0 Å². The number of hydrogen-bond acceptors (Lipinski definition) is 3. The average Bonchev–Trinajstić information content (AvgIpc) is 2.94. The summed E-state index contributed by atoms with van der Waals surface area (Å²) in [5.41, 5.74) is 1.81. The molecule has 2 rings (SSSR count). The maximum atomic E-state index is 13.7. The van der Waals surface area contributed by atoms with Crippen molar-refractivity contribution in [1.29, 1.82) is 0 Å². The minimum absolute atomic E-state index is 0.254. The highest BCUT2D eigenvalue weighted by atomic mass is 32.1. The second kappa shape index (κ2) is 7.05. The number of thiophene rings is 1. The van der Waals surface area contributed by atoms with E-state index in [9.17, 15) is 9.18 Å². The van der Waals surface area contributed by atoms with Crippen LogP contribution in [0.1, 0.15) is 22.8 Å². The lowest BCUT2D eigenvalue weighted by Crippen LogP contribution is -2.26. The van der Waals surface area contributed by atoms with Crippen LogP contribution in [0.2, 0.25) is 0 Å². The monoisotopic (exact) mass is 292 g/mol. The molecule has 0 atom stereocenters. The van der Waals surface area contributed by atoms with Crippen molar-refractivity contribution in [2.45, 2.75) is 13.3 Å². The molecule has 1 heterocycles. The van der Waals surface area contributed by atoms with Crippen molar-refractivity contribution in [3.63, 3.8) is 0 Å². The first-order valence-corrected chi connectivity index (χ1v) is 7.48. The van der Waals surface area contributed by atoms with Crippen molar-refractivity contribution >= 4 is 22.9 Å². The van der Waals surface area contributed by atoms with Gasteiger partial charge in [-0.3, -0.25) is 4.79 Å². The molecule has 106 valence electrons. The molecule has 1 aromatic carbocycles. The third kappa shape index (κ3) is 3.57. The highest BCUT2D eigenvalue weighted by molar-refractivity contribution is 7.07. The second-order valence-electron chi connectivity index (χ2n) is 4.33. The van der Waals surface area contributed by atoms with E-state index in [0.29, 0.717) is 18.7 Å².